The van der Waals surface area contributed by atoms with Gasteiger partial charge in [-0.05, 0) is 36.2 Å². The molecule has 0 saturated heterocycles. The summed E-state index contributed by atoms with van der Waals surface area (Å²) in [4.78, 5) is 2.15. The van der Waals surface area contributed by atoms with E-state index in [1.165, 1.54) is 0 Å². The molecule has 2 aromatic rings. The van der Waals surface area contributed by atoms with E-state index < -0.39 is 0 Å². The number of ether oxygens (including phenoxy) is 2. The first-order valence-corrected chi connectivity index (χ1v) is 8.93. The normalized spacial score (nSPS) is 10.8. The maximum atomic E-state index is 9.32. The van der Waals surface area contributed by atoms with Gasteiger partial charge in [0.1, 0.15) is 0 Å². The smallest absolute Gasteiger partial charge is 0.161 e. The molecule has 0 spiro atoms. The van der Waals surface area contributed by atoms with Crippen LogP contribution in [-0.2, 0) is 0 Å². The van der Waals surface area contributed by atoms with E-state index in [-0.39, 0.29) is 5.92 Å². The summed E-state index contributed by atoms with van der Waals surface area (Å²) in [6, 6.07) is 16.3. The van der Waals surface area contributed by atoms with Crippen LogP contribution in [0.1, 0.15) is 38.7 Å². The number of hydrogen-bond donors (Lipinski definition) is 0. The summed E-state index contributed by atoms with van der Waals surface area (Å²) in [7, 11) is 3.25. The third-order valence-corrected chi connectivity index (χ3v) is 4.52. The van der Waals surface area contributed by atoms with Crippen molar-refractivity contribution in [2.45, 2.75) is 42.9 Å². The molecule has 0 aliphatic rings. The van der Waals surface area contributed by atoms with Crippen molar-refractivity contribution in [1.82, 2.24) is 0 Å². The fourth-order valence-electron chi connectivity index (χ4n) is 2.25. The second-order valence-corrected chi connectivity index (χ2v) is 5.86. The van der Waals surface area contributed by atoms with Crippen LogP contribution in [0.5, 0.6) is 11.5 Å². The van der Waals surface area contributed by atoms with Crippen molar-refractivity contribution in [1.29, 1.82) is 5.26 Å². The van der Waals surface area contributed by atoms with Gasteiger partial charge in [0.2, 0.25) is 0 Å². The molecule has 0 N–H and O–H groups in total. The molecule has 0 aromatic heterocycles. The molecule has 0 bridgehead atoms. The highest BCUT2D eigenvalue weighted by atomic mass is 32.2. The standard InChI is InChI=1S/C18H19NO2S.C2H6/c1-4-13(12-19)15-7-5-6-8-18(15)22-14-9-10-16(20-2)17(11-14)21-3;1-2/h5-11,13H,4H2,1-3H3;1-2H3. The number of rotatable bonds is 6. The van der Waals surface area contributed by atoms with Crippen LogP contribution >= 0.6 is 11.8 Å². The third kappa shape index (κ3) is 4.94. The summed E-state index contributed by atoms with van der Waals surface area (Å²) in [6.45, 7) is 6.03. The number of hydrogen-bond acceptors (Lipinski definition) is 4. The lowest BCUT2D eigenvalue weighted by atomic mass is 9.98. The topological polar surface area (TPSA) is 42.2 Å². The van der Waals surface area contributed by atoms with Crippen LogP contribution in [0.25, 0.3) is 0 Å². The van der Waals surface area contributed by atoms with Crippen molar-refractivity contribution < 1.29 is 9.47 Å². The Kier molecular flexibility index (Phi) is 8.81. The molecule has 0 radical (unpaired) electrons. The van der Waals surface area contributed by atoms with E-state index in [4.69, 9.17) is 9.47 Å². The van der Waals surface area contributed by atoms with Gasteiger partial charge in [-0.3, -0.25) is 0 Å². The molecule has 0 heterocycles. The van der Waals surface area contributed by atoms with E-state index in [0.29, 0.717) is 11.5 Å². The molecule has 0 aliphatic heterocycles. The monoisotopic (exact) mass is 343 g/mol. The Balaban J connectivity index is 0.00000139. The van der Waals surface area contributed by atoms with E-state index in [2.05, 4.69) is 12.1 Å². The fourth-order valence-corrected chi connectivity index (χ4v) is 3.28. The Morgan fingerprint density at radius 3 is 2.29 bits per heavy atom. The van der Waals surface area contributed by atoms with Crippen LogP contribution in [0.3, 0.4) is 0 Å². The van der Waals surface area contributed by atoms with Crippen LogP contribution < -0.4 is 9.47 Å². The molecule has 0 saturated carbocycles. The predicted octanol–water partition coefficient (Wildman–Crippen LogP) is 5.90. The van der Waals surface area contributed by atoms with Crippen molar-refractivity contribution in [2.75, 3.05) is 14.2 Å². The summed E-state index contributed by atoms with van der Waals surface area (Å²) < 4.78 is 10.6. The van der Waals surface area contributed by atoms with Crippen molar-refractivity contribution in [3.05, 3.63) is 48.0 Å². The number of nitrogens with zero attached hydrogens (tertiary/aromatic N) is 1. The maximum absolute atomic E-state index is 9.32. The van der Waals surface area contributed by atoms with Crippen molar-refractivity contribution in [3.63, 3.8) is 0 Å². The Morgan fingerprint density at radius 2 is 1.71 bits per heavy atom. The SMILES string of the molecule is CC.CCC(C#N)c1ccccc1Sc1ccc(OC)c(OC)c1. The minimum absolute atomic E-state index is 0.0798. The molecule has 1 atom stereocenters. The molecular formula is C20H25NO2S. The largest absolute Gasteiger partial charge is 0.493 e. The molecule has 2 rings (SSSR count). The second kappa shape index (κ2) is 10.6. The first-order valence-electron chi connectivity index (χ1n) is 8.11. The van der Waals surface area contributed by atoms with Gasteiger partial charge in [-0.1, -0.05) is 50.7 Å². The van der Waals surface area contributed by atoms with Crippen molar-refractivity contribution in [2.24, 2.45) is 0 Å². The molecule has 0 aliphatic carbocycles. The number of methoxy groups -OCH3 is 2. The average molecular weight is 343 g/mol. The summed E-state index contributed by atoms with van der Waals surface area (Å²) in [5, 5.41) is 9.32. The molecular weight excluding hydrogens is 318 g/mol. The van der Waals surface area contributed by atoms with Gasteiger partial charge in [0.05, 0.1) is 26.2 Å². The Labute approximate surface area is 149 Å². The summed E-state index contributed by atoms with van der Waals surface area (Å²) in [5.41, 5.74) is 1.08. The molecule has 0 amide bonds. The lowest BCUT2D eigenvalue weighted by Gasteiger charge is -2.14. The highest BCUT2D eigenvalue weighted by Crippen LogP contribution is 2.38. The zero-order valence-corrected chi connectivity index (χ0v) is 15.8. The minimum Gasteiger partial charge on any atom is -0.493 e. The van der Waals surface area contributed by atoms with Crippen molar-refractivity contribution >= 4 is 11.8 Å². The van der Waals surface area contributed by atoms with Crippen LogP contribution in [0.2, 0.25) is 0 Å². The molecule has 0 fully saturated rings. The number of benzene rings is 2. The van der Waals surface area contributed by atoms with Gasteiger partial charge < -0.3 is 9.47 Å². The highest BCUT2D eigenvalue weighted by Gasteiger charge is 2.14. The molecule has 24 heavy (non-hydrogen) atoms. The maximum Gasteiger partial charge on any atom is 0.161 e. The lowest BCUT2D eigenvalue weighted by Crippen LogP contribution is -1.96. The minimum atomic E-state index is -0.0798. The van der Waals surface area contributed by atoms with Crippen LogP contribution in [0, 0.1) is 11.3 Å². The Morgan fingerprint density at radius 1 is 1.04 bits per heavy atom. The molecule has 4 heteroatoms. The van der Waals surface area contributed by atoms with E-state index in [1.807, 2.05) is 57.2 Å². The molecule has 128 valence electrons. The summed E-state index contributed by atoms with van der Waals surface area (Å²) in [5.74, 6) is 1.34. The molecule has 3 nitrogen and oxygen atoms in total. The average Bonchev–Trinajstić information content (AvgIpc) is 2.65. The van der Waals surface area contributed by atoms with Gasteiger partial charge in [-0.2, -0.15) is 5.26 Å². The van der Waals surface area contributed by atoms with E-state index in [1.54, 1.807) is 26.0 Å². The first-order chi connectivity index (χ1) is 11.7. The van der Waals surface area contributed by atoms with Gasteiger partial charge in [-0.15, -0.1) is 0 Å². The Hall–Kier alpha value is -2.12. The summed E-state index contributed by atoms with van der Waals surface area (Å²) >= 11 is 1.64. The third-order valence-electron chi connectivity index (χ3n) is 3.44. The second-order valence-electron chi connectivity index (χ2n) is 4.75. The van der Waals surface area contributed by atoms with Gasteiger partial charge in [0.15, 0.2) is 11.5 Å². The van der Waals surface area contributed by atoms with Crippen LogP contribution in [0.4, 0.5) is 0 Å². The van der Waals surface area contributed by atoms with Gasteiger partial charge in [0, 0.05) is 9.79 Å². The lowest BCUT2D eigenvalue weighted by molar-refractivity contribution is 0.354. The van der Waals surface area contributed by atoms with Crippen LogP contribution in [-0.4, -0.2) is 14.2 Å². The molecule has 1 unspecified atom stereocenters. The highest BCUT2D eigenvalue weighted by molar-refractivity contribution is 7.99. The van der Waals surface area contributed by atoms with Crippen molar-refractivity contribution in [3.8, 4) is 17.6 Å². The van der Waals surface area contributed by atoms with Gasteiger partial charge >= 0.3 is 0 Å². The van der Waals surface area contributed by atoms with Crippen LogP contribution in [0.15, 0.2) is 52.3 Å². The van der Waals surface area contributed by atoms with Gasteiger partial charge in [0.25, 0.3) is 0 Å². The Bertz CT molecular complexity index is 680. The van der Waals surface area contributed by atoms with Gasteiger partial charge in [-0.25, -0.2) is 0 Å². The number of nitriles is 1. The zero-order valence-electron chi connectivity index (χ0n) is 15.0. The van der Waals surface area contributed by atoms with E-state index in [0.717, 1.165) is 21.8 Å². The fraction of sp³-hybridized carbons (Fsp3) is 0.350. The summed E-state index contributed by atoms with van der Waals surface area (Å²) in [6.07, 6.45) is 0.806. The van der Waals surface area contributed by atoms with E-state index >= 15 is 0 Å². The quantitative estimate of drug-likeness (QED) is 0.655. The zero-order chi connectivity index (χ0) is 17.9. The van der Waals surface area contributed by atoms with E-state index in [9.17, 15) is 5.26 Å². The predicted molar refractivity (Wildman–Crippen MR) is 100 cm³/mol. The molecule has 2 aromatic carbocycles. The first kappa shape index (κ1) is 19.9.